The molecule has 3 aromatic rings. The fraction of sp³-hybridized carbons (Fsp3) is 0.423. The molecule has 0 bridgehead atoms. The largest absolute Gasteiger partial charge is 0.448 e. The molecule has 2 heterocycles. The number of rotatable bonds is 9. The normalized spacial score (nSPS) is 16.6. The topological polar surface area (TPSA) is 88.5 Å². The molecule has 2 N–H and O–H groups in total. The summed E-state index contributed by atoms with van der Waals surface area (Å²) in [6.07, 6.45) is 3.81. The van der Waals surface area contributed by atoms with Crippen molar-refractivity contribution < 1.29 is 23.1 Å². The van der Waals surface area contributed by atoms with Crippen molar-refractivity contribution in [3.05, 3.63) is 53.9 Å². The molecule has 1 aromatic heterocycles. The number of amides is 1. The fourth-order valence-electron chi connectivity index (χ4n) is 4.50. The number of carbonyl (C=O) groups excluding carboxylic acids is 2. The predicted octanol–water partition coefficient (Wildman–Crippen LogP) is 3.42. The van der Waals surface area contributed by atoms with E-state index in [1.54, 1.807) is 11.5 Å². The number of halogens is 2. The Hall–Kier alpha value is -3.02. The standard InChI is InChI=1S/C26H29F2N5O3S/c1-17-14-31-25(33(17)22-9-8-19(18-6-7-18)20-4-2-3-5-21(20)22)37-26(27,28)24(35)30-15-23(34)36-16-32-12-10-29-11-13-32/h2-5,8-9,14,18,29H,6-7,10-13,15-16H2,1H3,(H,30,35). The van der Waals surface area contributed by atoms with Gasteiger partial charge in [-0.3, -0.25) is 19.1 Å². The summed E-state index contributed by atoms with van der Waals surface area (Å²) >= 11 is 0.0546. The Balaban J connectivity index is 1.28. The number of hydrogen-bond donors (Lipinski definition) is 2. The van der Waals surface area contributed by atoms with Crippen LogP contribution in [0.1, 0.15) is 30.0 Å². The Labute approximate surface area is 217 Å². The van der Waals surface area contributed by atoms with E-state index in [0.717, 1.165) is 55.5 Å². The van der Waals surface area contributed by atoms with Gasteiger partial charge >= 0.3 is 17.1 Å². The van der Waals surface area contributed by atoms with Crippen LogP contribution in [0.4, 0.5) is 8.78 Å². The van der Waals surface area contributed by atoms with Crippen LogP contribution in [0.3, 0.4) is 0 Å². The van der Waals surface area contributed by atoms with Crippen molar-refractivity contribution in [3.63, 3.8) is 0 Å². The fourth-order valence-corrected chi connectivity index (χ4v) is 5.34. The molecule has 0 spiro atoms. The van der Waals surface area contributed by atoms with Gasteiger partial charge in [0.1, 0.15) is 13.3 Å². The molecular formula is C26H29F2N5O3S. The summed E-state index contributed by atoms with van der Waals surface area (Å²) in [4.78, 5) is 30.4. The van der Waals surface area contributed by atoms with E-state index in [2.05, 4.69) is 22.4 Å². The lowest BCUT2D eigenvalue weighted by atomic mass is 9.99. The summed E-state index contributed by atoms with van der Waals surface area (Å²) < 4.78 is 36.7. The van der Waals surface area contributed by atoms with Gasteiger partial charge in [0.25, 0.3) is 0 Å². The Kier molecular flexibility index (Phi) is 7.45. The zero-order chi connectivity index (χ0) is 26.0. The van der Waals surface area contributed by atoms with Gasteiger partial charge in [0, 0.05) is 43.5 Å². The molecule has 2 aliphatic rings. The smallest absolute Gasteiger partial charge is 0.377 e. The van der Waals surface area contributed by atoms with Crippen LogP contribution in [0.15, 0.2) is 47.8 Å². The number of benzene rings is 2. The first kappa shape index (κ1) is 25.6. The average molecular weight is 530 g/mol. The number of carbonyl (C=O) groups is 2. The van der Waals surface area contributed by atoms with Gasteiger partial charge in [-0.2, -0.15) is 8.78 Å². The predicted molar refractivity (Wildman–Crippen MR) is 137 cm³/mol. The first-order chi connectivity index (χ1) is 17.8. The minimum atomic E-state index is -3.85. The Morgan fingerprint density at radius 2 is 1.89 bits per heavy atom. The number of imidazole rings is 1. The van der Waals surface area contributed by atoms with Crippen molar-refractivity contribution in [2.75, 3.05) is 39.5 Å². The van der Waals surface area contributed by atoms with E-state index in [4.69, 9.17) is 4.74 Å². The van der Waals surface area contributed by atoms with Crippen molar-refractivity contribution in [3.8, 4) is 5.69 Å². The molecule has 1 saturated carbocycles. The van der Waals surface area contributed by atoms with Gasteiger partial charge in [-0.05, 0) is 54.5 Å². The van der Waals surface area contributed by atoms with Crippen LogP contribution in [-0.4, -0.2) is 71.0 Å². The van der Waals surface area contributed by atoms with E-state index in [0.29, 0.717) is 11.6 Å². The maximum atomic E-state index is 15.0. The highest BCUT2D eigenvalue weighted by Crippen LogP contribution is 2.45. The average Bonchev–Trinajstić information content (AvgIpc) is 3.69. The Bertz CT molecular complexity index is 1300. The number of nitrogens with one attached hydrogen (secondary N) is 2. The molecule has 8 nitrogen and oxygen atoms in total. The molecule has 1 aliphatic heterocycles. The monoisotopic (exact) mass is 529 g/mol. The molecule has 11 heteroatoms. The summed E-state index contributed by atoms with van der Waals surface area (Å²) in [6, 6.07) is 11.9. The van der Waals surface area contributed by atoms with E-state index < -0.39 is 23.7 Å². The lowest BCUT2D eigenvalue weighted by molar-refractivity contribution is -0.150. The van der Waals surface area contributed by atoms with E-state index in [9.17, 15) is 18.4 Å². The second-order valence-electron chi connectivity index (χ2n) is 9.33. The van der Waals surface area contributed by atoms with Gasteiger partial charge in [0.05, 0.1) is 5.69 Å². The molecular weight excluding hydrogens is 500 g/mol. The number of aromatic nitrogens is 2. The Morgan fingerprint density at radius 1 is 1.16 bits per heavy atom. The van der Waals surface area contributed by atoms with Crippen molar-refractivity contribution in [1.29, 1.82) is 0 Å². The zero-order valence-corrected chi connectivity index (χ0v) is 21.3. The SMILES string of the molecule is Cc1cnc(SC(F)(F)C(=O)NCC(=O)OCN2CCNCC2)n1-c1ccc(C2CC2)c2ccccc12. The lowest BCUT2D eigenvalue weighted by Crippen LogP contribution is -2.45. The molecule has 0 unspecified atom stereocenters. The van der Waals surface area contributed by atoms with E-state index in [-0.39, 0.29) is 23.6 Å². The highest BCUT2D eigenvalue weighted by molar-refractivity contribution is 8.00. The molecule has 0 atom stereocenters. The minimum Gasteiger partial charge on any atom is -0.448 e. The van der Waals surface area contributed by atoms with Gasteiger partial charge < -0.3 is 15.4 Å². The third kappa shape index (κ3) is 5.78. The summed E-state index contributed by atoms with van der Waals surface area (Å²) in [5, 5.41) is 3.35. The van der Waals surface area contributed by atoms with Gasteiger partial charge in [0.2, 0.25) is 0 Å². The van der Waals surface area contributed by atoms with E-state index >= 15 is 0 Å². The van der Waals surface area contributed by atoms with Crippen LogP contribution in [0.5, 0.6) is 0 Å². The van der Waals surface area contributed by atoms with Gasteiger partial charge in [0.15, 0.2) is 5.16 Å². The van der Waals surface area contributed by atoms with Crippen LogP contribution >= 0.6 is 11.8 Å². The van der Waals surface area contributed by atoms with Crippen molar-refractivity contribution >= 4 is 34.4 Å². The second kappa shape index (κ2) is 10.8. The number of aryl methyl sites for hydroxylation is 1. The first-order valence-electron chi connectivity index (χ1n) is 12.3. The molecule has 5 rings (SSSR count). The maximum absolute atomic E-state index is 15.0. The number of esters is 1. The minimum absolute atomic E-state index is 0.0109. The van der Waals surface area contributed by atoms with Crippen LogP contribution in [-0.2, 0) is 14.3 Å². The zero-order valence-electron chi connectivity index (χ0n) is 20.5. The van der Waals surface area contributed by atoms with E-state index in [1.165, 1.54) is 11.8 Å². The van der Waals surface area contributed by atoms with Crippen molar-refractivity contribution in [1.82, 2.24) is 25.1 Å². The summed E-state index contributed by atoms with van der Waals surface area (Å²) in [6.45, 7) is 4.22. The summed E-state index contributed by atoms with van der Waals surface area (Å²) in [5.74, 6) is -1.81. The van der Waals surface area contributed by atoms with Crippen LogP contribution in [0, 0.1) is 6.92 Å². The molecule has 1 amide bonds. The van der Waals surface area contributed by atoms with Gasteiger partial charge in [-0.15, -0.1) is 0 Å². The number of ether oxygens (including phenoxy) is 1. The van der Waals surface area contributed by atoms with Gasteiger partial charge in [-0.25, -0.2) is 4.98 Å². The molecule has 0 radical (unpaired) electrons. The van der Waals surface area contributed by atoms with Gasteiger partial charge in [-0.1, -0.05) is 30.3 Å². The number of nitrogens with zero attached hydrogens (tertiary/aromatic N) is 3. The summed E-state index contributed by atoms with van der Waals surface area (Å²) in [7, 11) is 0. The number of fused-ring (bicyclic) bond motifs is 1. The molecule has 1 aliphatic carbocycles. The lowest BCUT2D eigenvalue weighted by Gasteiger charge is -2.26. The summed E-state index contributed by atoms with van der Waals surface area (Å²) in [5.41, 5.74) is 2.66. The quantitative estimate of drug-likeness (QED) is 0.324. The Morgan fingerprint density at radius 3 is 2.62 bits per heavy atom. The third-order valence-electron chi connectivity index (χ3n) is 6.59. The molecule has 2 fully saturated rings. The van der Waals surface area contributed by atoms with Crippen molar-refractivity contribution in [2.24, 2.45) is 0 Å². The molecule has 37 heavy (non-hydrogen) atoms. The van der Waals surface area contributed by atoms with Crippen LogP contribution < -0.4 is 10.6 Å². The van der Waals surface area contributed by atoms with Crippen LogP contribution in [0.25, 0.3) is 16.5 Å². The highest BCUT2D eigenvalue weighted by atomic mass is 32.2. The van der Waals surface area contributed by atoms with E-state index in [1.807, 2.05) is 34.5 Å². The number of piperazine rings is 1. The van der Waals surface area contributed by atoms with Crippen molar-refractivity contribution in [2.45, 2.75) is 36.1 Å². The molecule has 196 valence electrons. The number of hydrogen-bond acceptors (Lipinski definition) is 7. The molecule has 1 saturated heterocycles. The van der Waals surface area contributed by atoms with Crippen LogP contribution in [0.2, 0.25) is 0 Å². The molecule has 2 aromatic carbocycles. The third-order valence-corrected chi connectivity index (χ3v) is 7.51. The second-order valence-corrected chi connectivity index (χ2v) is 10.4. The number of thioether (sulfide) groups is 1. The first-order valence-corrected chi connectivity index (χ1v) is 13.2. The maximum Gasteiger partial charge on any atom is 0.377 e. The highest BCUT2D eigenvalue weighted by Gasteiger charge is 2.42. The number of alkyl halides is 2.